The molecule has 124 valence electrons. The van der Waals surface area contributed by atoms with Crippen molar-refractivity contribution in [3.63, 3.8) is 0 Å². The van der Waals surface area contributed by atoms with E-state index in [4.69, 9.17) is 0 Å². The van der Waals surface area contributed by atoms with Gasteiger partial charge in [0.05, 0.1) is 5.56 Å². The molecule has 4 amide bonds. The fourth-order valence-electron chi connectivity index (χ4n) is 2.63. The lowest BCUT2D eigenvalue weighted by molar-refractivity contribution is -0.132. The Morgan fingerprint density at radius 1 is 1.25 bits per heavy atom. The highest BCUT2D eigenvalue weighted by molar-refractivity contribution is 6.10. The highest BCUT2D eigenvalue weighted by Crippen LogP contribution is 2.28. The van der Waals surface area contributed by atoms with Crippen LogP contribution in [0.2, 0.25) is 0 Å². The standard InChI is InChI=1S/C17H17N3O4/c1-3-17(2)15(23)20(16(24)18-17)19-14(22)12-9-8-10-6-4-5-7-11(10)13(12)21/h4-9,21H,3H2,1-2H3,(H,18,24)(H,19,22)/t17-/m0/s1. The first-order chi connectivity index (χ1) is 11.4. The van der Waals surface area contributed by atoms with Crippen LogP contribution in [0.5, 0.6) is 5.75 Å². The van der Waals surface area contributed by atoms with Crippen LogP contribution in [0.15, 0.2) is 36.4 Å². The third kappa shape index (κ3) is 2.34. The van der Waals surface area contributed by atoms with Gasteiger partial charge in [-0.05, 0) is 24.8 Å². The lowest BCUT2D eigenvalue weighted by Crippen LogP contribution is -2.48. The van der Waals surface area contributed by atoms with Crippen LogP contribution in [-0.4, -0.2) is 33.5 Å². The monoisotopic (exact) mass is 327 g/mol. The Kier molecular flexibility index (Phi) is 3.63. The molecular formula is C17H17N3O4. The summed E-state index contributed by atoms with van der Waals surface area (Å²) < 4.78 is 0. The molecular weight excluding hydrogens is 310 g/mol. The summed E-state index contributed by atoms with van der Waals surface area (Å²) in [4.78, 5) is 36.6. The minimum atomic E-state index is -1.05. The molecule has 1 aliphatic rings. The van der Waals surface area contributed by atoms with Crippen LogP contribution in [0.3, 0.4) is 0 Å². The van der Waals surface area contributed by atoms with Crippen molar-refractivity contribution in [3.8, 4) is 5.75 Å². The molecule has 0 saturated carbocycles. The number of carbonyl (C=O) groups excluding carboxylic acids is 3. The Hall–Kier alpha value is -3.09. The highest BCUT2D eigenvalue weighted by Gasteiger charge is 2.47. The Bertz CT molecular complexity index is 864. The summed E-state index contributed by atoms with van der Waals surface area (Å²) in [7, 11) is 0. The van der Waals surface area contributed by atoms with Crippen molar-refractivity contribution in [2.45, 2.75) is 25.8 Å². The van der Waals surface area contributed by atoms with Crippen LogP contribution in [0.25, 0.3) is 10.8 Å². The number of aromatic hydroxyl groups is 1. The van der Waals surface area contributed by atoms with Gasteiger partial charge in [-0.3, -0.25) is 15.0 Å². The number of rotatable bonds is 3. The van der Waals surface area contributed by atoms with Crippen molar-refractivity contribution in [1.82, 2.24) is 15.8 Å². The van der Waals surface area contributed by atoms with Crippen LogP contribution in [-0.2, 0) is 4.79 Å². The van der Waals surface area contributed by atoms with Crippen molar-refractivity contribution in [3.05, 3.63) is 42.0 Å². The van der Waals surface area contributed by atoms with E-state index in [1.54, 1.807) is 38.1 Å². The number of phenols is 1. The molecule has 7 heteroatoms. The van der Waals surface area contributed by atoms with Gasteiger partial charge in [0.15, 0.2) is 0 Å². The molecule has 0 aliphatic carbocycles. The molecule has 1 aliphatic heterocycles. The third-order valence-electron chi connectivity index (χ3n) is 4.33. The number of phenolic OH excluding ortho intramolecular Hbond substituents is 1. The molecule has 7 nitrogen and oxygen atoms in total. The first-order valence-corrected chi connectivity index (χ1v) is 7.56. The fraction of sp³-hybridized carbons (Fsp3) is 0.235. The van der Waals surface area contributed by atoms with Gasteiger partial charge in [-0.25, -0.2) is 4.79 Å². The second kappa shape index (κ2) is 5.52. The number of nitrogens with one attached hydrogen (secondary N) is 2. The van der Waals surface area contributed by atoms with E-state index in [-0.39, 0.29) is 11.3 Å². The van der Waals surface area contributed by atoms with E-state index in [1.807, 2.05) is 6.07 Å². The highest BCUT2D eigenvalue weighted by atomic mass is 16.3. The zero-order chi connectivity index (χ0) is 17.5. The first-order valence-electron chi connectivity index (χ1n) is 7.56. The summed E-state index contributed by atoms with van der Waals surface area (Å²) in [6.07, 6.45) is 0.394. The largest absolute Gasteiger partial charge is 0.506 e. The Morgan fingerprint density at radius 3 is 2.62 bits per heavy atom. The number of carbonyl (C=O) groups is 3. The van der Waals surface area contributed by atoms with Gasteiger partial charge in [-0.15, -0.1) is 0 Å². The average Bonchev–Trinajstić information content (AvgIpc) is 2.79. The molecule has 24 heavy (non-hydrogen) atoms. The zero-order valence-electron chi connectivity index (χ0n) is 13.3. The summed E-state index contributed by atoms with van der Waals surface area (Å²) in [6, 6.07) is 9.49. The molecule has 2 aromatic rings. The van der Waals surface area contributed by atoms with Crippen molar-refractivity contribution in [2.24, 2.45) is 0 Å². The number of fused-ring (bicyclic) bond motifs is 1. The maximum absolute atomic E-state index is 12.4. The van der Waals surface area contributed by atoms with E-state index < -0.39 is 23.4 Å². The topological polar surface area (TPSA) is 98.7 Å². The predicted octanol–water partition coefficient (Wildman–Crippen LogP) is 1.91. The molecule has 0 unspecified atom stereocenters. The normalized spacial score (nSPS) is 20.3. The molecule has 0 spiro atoms. The lowest BCUT2D eigenvalue weighted by atomic mass is 10.00. The predicted molar refractivity (Wildman–Crippen MR) is 87.2 cm³/mol. The molecule has 0 radical (unpaired) electrons. The molecule has 0 aromatic heterocycles. The lowest BCUT2D eigenvalue weighted by Gasteiger charge is -2.19. The number of nitrogens with zero attached hydrogens (tertiary/aromatic N) is 1. The average molecular weight is 327 g/mol. The number of benzene rings is 2. The van der Waals surface area contributed by atoms with Crippen molar-refractivity contribution in [1.29, 1.82) is 0 Å². The summed E-state index contributed by atoms with van der Waals surface area (Å²) >= 11 is 0. The molecule has 1 heterocycles. The van der Waals surface area contributed by atoms with Gasteiger partial charge in [0.2, 0.25) is 0 Å². The van der Waals surface area contributed by atoms with E-state index in [9.17, 15) is 19.5 Å². The minimum Gasteiger partial charge on any atom is -0.506 e. The number of hydrogen-bond donors (Lipinski definition) is 3. The van der Waals surface area contributed by atoms with E-state index in [1.165, 1.54) is 6.07 Å². The van der Waals surface area contributed by atoms with Crippen LogP contribution in [0.4, 0.5) is 4.79 Å². The number of imide groups is 1. The molecule has 3 N–H and O–H groups in total. The van der Waals surface area contributed by atoms with Gasteiger partial charge >= 0.3 is 6.03 Å². The number of hydrazine groups is 1. The number of urea groups is 1. The zero-order valence-corrected chi connectivity index (χ0v) is 13.3. The number of amides is 4. The van der Waals surface area contributed by atoms with Crippen LogP contribution in [0.1, 0.15) is 30.6 Å². The smallest absolute Gasteiger partial charge is 0.344 e. The first kappa shape index (κ1) is 15.8. The Labute approximate surface area is 138 Å². The molecule has 0 bridgehead atoms. The number of hydrogen-bond acceptors (Lipinski definition) is 4. The quantitative estimate of drug-likeness (QED) is 0.750. The minimum absolute atomic E-state index is 0.0144. The Balaban J connectivity index is 1.90. The third-order valence-corrected chi connectivity index (χ3v) is 4.33. The van der Waals surface area contributed by atoms with Crippen molar-refractivity contribution < 1.29 is 19.5 Å². The van der Waals surface area contributed by atoms with Gasteiger partial charge in [-0.1, -0.05) is 37.3 Å². The molecule has 1 saturated heterocycles. The maximum Gasteiger partial charge on any atom is 0.344 e. The van der Waals surface area contributed by atoms with E-state index in [2.05, 4.69) is 10.7 Å². The fourth-order valence-corrected chi connectivity index (χ4v) is 2.63. The van der Waals surface area contributed by atoms with Crippen LogP contribution >= 0.6 is 0 Å². The van der Waals surface area contributed by atoms with Gasteiger partial charge in [0, 0.05) is 5.39 Å². The summed E-state index contributed by atoms with van der Waals surface area (Å²) in [5.74, 6) is -1.47. The van der Waals surface area contributed by atoms with Crippen LogP contribution < -0.4 is 10.7 Å². The molecule has 2 aromatic carbocycles. The SMILES string of the molecule is CC[C@]1(C)NC(=O)N(NC(=O)c2ccc3ccccc3c2O)C1=O. The van der Waals surface area contributed by atoms with Gasteiger partial charge in [0.25, 0.3) is 11.8 Å². The van der Waals surface area contributed by atoms with Gasteiger partial charge in [0.1, 0.15) is 11.3 Å². The summed E-state index contributed by atoms with van der Waals surface area (Å²) in [5, 5.41) is 14.8. The van der Waals surface area contributed by atoms with Gasteiger partial charge in [-0.2, -0.15) is 5.01 Å². The van der Waals surface area contributed by atoms with Crippen molar-refractivity contribution >= 4 is 28.6 Å². The second-order valence-corrected chi connectivity index (χ2v) is 5.88. The summed E-state index contributed by atoms with van der Waals surface area (Å²) in [5.41, 5.74) is 1.20. The molecule has 1 atom stereocenters. The van der Waals surface area contributed by atoms with Crippen molar-refractivity contribution in [2.75, 3.05) is 0 Å². The van der Waals surface area contributed by atoms with Crippen LogP contribution in [0, 0.1) is 0 Å². The summed E-state index contributed by atoms with van der Waals surface area (Å²) in [6.45, 7) is 3.35. The van der Waals surface area contributed by atoms with Gasteiger partial charge < -0.3 is 10.4 Å². The maximum atomic E-state index is 12.4. The molecule has 3 rings (SSSR count). The van der Waals surface area contributed by atoms with E-state index in [0.717, 1.165) is 5.39 Å². The van der Waals surface area contributed by atoms with E-state index >= 15 is 0 Å². The Morgan fingerprint density at radius 2 is 1.96 bits per heavy atom. The van der Waals surface area contributed by atoms with E-state index in [0.29, 0.717) is 16.8 Å². The molecule has 1 fully saturated rings. The second-order valence-electron chi connectivity index (χ2n) is 5.88.